The smallest absolute Gasteiger partial charge is 0.118 e. The molecule has 3 aromatic carbocycles. The summed E-state index contributed by atoms with van der Waals surface area (Å²) < 4.78 is 5.28. The number of ether oxygens (including phenoxy) is 1. The first-order valence-electron chi connectivity index (χ1n) is 8.01. The summed E-state index contributed by atoms with van der Waals surface area (Å²) in [5.74, 6) is 7.67. The quantitative estimate of drug-likeness (QED) is 0.615. The van der Waals surface area contributed by atoms with Crippen LogP contribution in [0, 0.1) is 11.8 Å². The zero-order valence-electron chi connectivity index (χ0n) is 14.0. The predicted octanol–water partition coefficient (Wildman–Crippen LogP) is 5.05. The highest BCUT2D eigenvalue weighted by Crippen LogP contribution is 2.32. The summed E-state index contributed by atoms with van der Waals surface area (Å²) in [6, 6.07) is 28.6. The molecule has 0 aliphatic carbocycles. The van der Waals surface area contributed by atoms with E-state index in [1.165, 1.54) is 5.56 Å². The number of hydrogen-bond donors (Lipinski definition) is 0. The SMILES string of the molecule is COc1ccc(C(C)(C#Cc2ccccc2)c2ccccc2)cc1. The van der Waals surface area contributed by atoms with Crippen LogP contribution in [-0.4, -0.2) is 7.11 Å². The maximum absolute atomic E-state index is 5.28. The maximum Gasteiger partial charge on any atom is 0.118 e. The highest BCUT2D eigenvalue weighted by Gasteiger charge is 2.26. The second-order valence-electron chi connectivity index (χ2n) is 5.84. The maximum atomic E-state index is 5.28. The van der Waals surface area contributed by atoms with Crippen LogP contribution in [0.25, 0.3) is 0 Å². The summed E-state index contributed by atoms with van der Waals surface area (Å²) in [4.78, 5) is 0. The zero-order valence-corrected chi connectivity index (χ0v) is 14.0. The van der Waals surface area contributed by atoms with E-state index in [2.05, 4.69) is 55.2 Å². The molecule has 0 amide bonds. The third-order valence-electron chi connectivity index (χ3n) is 4.25. The van der Waals surface area contributed by atoms with Crippen LogP contribution < -0.4 is 4.74 Å². The van der Waals surface area contributed by atoms with Crippen molar-refractivity contribution >= 4 is 0 Å². The molecule has 0 spiro atoms. The van der Waals surface area contributed by atoms with Gasteiger partial charge in [0.15, 0.2) is 0 Å². The molecular weight excluding hydrogens is 292 g/mol. The second kappa shape index (κ2) is 7.06. The molecule has 0 bridgehead atoms. The van der Waals surface area contributed by atoms with Gasteiger partial charge in [-0.2, -0.15) is 0 Å². The average molecular weight is 312 g/mol. The van der Waals surface area contributed by atoms with Crippen molar-refractivity contribution in [1.29, 1.82) is 0 Å². The molecule has 1 atom stereocenters. The van der Waals surface area contributed by atoms with Gasteiger partial charge in [0.05, 0.1) is 12.5 Å². The van der Waals surface area contributed by atoms with Crippen molar-refractivity contribution in [3.63, 3.8) is 0 Å². The van der Waals surface area contributed by atoms with Crippen molar-refractivity contribution in [1.82, 2.24) is 0 Å². The van der Waals surface area contributed by atoms with Crippen molar-refractivity contribution in [3.8, 4) is 17.6 Å². The van der Waals surface area contributed by atoms with Crippen LogP contribution in [-0.2, 0) is 5.41 Å². The Hall–Kier alpha value is -2.98. The first-order chi connectivity index (χ1) is 11.7. The van der Waals surface area contributed by atoms with Gasteiger partial charge in [0.25, 0.3) is 0 Å². The minimum atomic E-state index is -0.386. The summed E-state index contributed by atoms with van der Waals surface area (Å²) in [5, 5.41) is 0. The van der Waals surface area contributed by atoms with Crippen molar-refractivity contribution in [2.45, 2.75) is 12.3 Å². The minimum Gasteiger partial charge on any atom is -0.497 e. The number of rotatable bonds is 3. The monoisotopic (exact) mass is 312 g/mol. The van der Waals surface area contributed by atoms with E-state index in [0.29, 0.717) is 0 Å². The Morgan fingerprint density at radius 3 is 1.83 bits per heavy atom. The standard InChI is InChI=1S/C23H20O/c1-23(20-11-7-4-8-12-20,18-17-19-9-5-3-6-10-19)21-13-15-22(24-2)16-14-21/h3-16H,1-2H3. The van der Waals surface area contributed by atoms with Gasteiger partial charge in [-0.15, -0.1) is 0 Å². The molecule has 0 radical (unpaired) electrons. The molecule has 0 N–H and O–H groups in total. The topological polar surface area (TPSA) is 9.23 Å². The van der Waals surface area contributed by atoms with Crippen molar-refractivity contribution in [2.75, 3.05) is 7.11 Å². The molecule has 3 rings (SSSR count). The minimum absolute atomic E-state index is 0.386. The molecule has 1 heteroatoms. The summed E-state index contributed by atoms with van der Waals surface area (Å²) >= 11 is 0. The lowest BCUT2D eigenvalue weighted by Crippen LogP contribution is -2.21. The average Bonchev–Trinajstić information content (AvgIpc) is 2.68. The first kappa shape index (κ1) is 15.9. The fraction of sp³-hybridized carbons (Fsp3) is 0.130. The number of methoxy groups -OCH3 is 1. The van der Waals surface area contributed by atoms with E-state index in [-0.39, 0.29) is 5.41 Å². The molecule has 118 valence electrons. The van der Waals surface area contributed by atoms with Crippen LogP contribution in [0.1, 0.15) is 23.6 Å². The number of hydrogen-bond acceptors (Lipinski definition) is 1. The molecule has 1 nitrogen and oxygen atoms in total. The van der Waals surface area contributed by atoms with E-state index in [1.54, 1.807) is 7.11 Å². The molecule has 3 aromatic rings. The van der Waals surface area contributed by atoms with Crippen LogP contribution in [0.15, 0.2) is 84.9 Å². The molecule has 0 fully saturated rings. The molecular formula is C23H20O. The van der Waals surface area contributed by atoms with Crippen molar-refractivity contribution in [2.24, 2.45) is 0 Å². The van der Waals surface area contributed by atoms with Crippen LogP contribution in [0.2, 0.25) is 0 Å². The third-order valence-corrected chi connectivity index (χ3v) is 4.25. The molecule has 0 saturated heterocycles. The van der Waals surface area contributed by atoms with Gasteiger partial charge in [-0.25, -0.2) is 0 Å². The molecule has 24 heavy (non-hydrogen) atoms. The predicted molar refractivity (Wildman–Crippen MR) is 99.2 cm³/mol. The summed E-state index contributed by atoms with van der Waals surface area (Å²) in [6.07, 6.45) is 0. The summed E-state index contributed by atoms with van der Waals surface area (Å²) in [7, 11) is 1.68. The van der Waals surface area contributed by atoms with E-state index in [4.69, 9.17) is 4.74 Å². The Morgan fingerprint density at radius 1 is 0.708 bits per heavy atom. The fourth-order valence-electron chi connectivity index (χ4n) is 2.73. The van der Waals surface area contributed by atoms with E-state index in [0.717, 1.165) is 16.9 Å². The number of benzene rings is 3. The zero-order chi connectivity index (χ0) is 16.8. The van der Waals surface area contributed by atoms with Crippen LogP contribution >= 0.6 is 0 Å². The van der Waals surface area contributed by atoms with E-state index in [9.17, 15) is 0 Å². The normalized spacial score (nSPS) is 12.6. The molecule has 0 saturated carbocycles. The van der Waals surface area contributed by atoms with Gasteiger partial charge in [-0.3, -0.25) is 0 Å². The van der Waals surface area contributed by atoms with Gasteiger partial charge in [-0.1, -0.05) is 72.5 Å². The summed E-state index contributed by atoms with van der Waals surface area (Å²) in [5.41, 5.74) is 2.97. The highest BCUT2D eigenvalue weighted by atomic mass is 16.5. The highest BCUT2D eigenvalue weighted by molar-refractivity contribution is 5.50. The van der Waals surface area contributed by atoms with Crippen molar-refractivity contribution < 1.29 is 4.74 Å². The lowest BCUT2D eigenvalue weighted by Gasteiger charge is -2.25. The van der Waals surface area contributed by atoms with Gasteiger partial charge in [-0.05, 0) is 42.3 Å². The molecule has 1 unspecified atom stereocenters. The Bertz CT molecular complexity index is 839. The van der Waals surface area contributed by atoms with Gasteiger partial charge < -0.3 is 4.74 Å². The third kappa shape index (κ3) is 3.34. The summed E-state index contributed by atoms with van der Waals surface area (Å²) in [6.45, 7) is 2.17. The molecule has 0 aromatic heterocycles. The Morgan fingerprint density at radius 2 is 1.25 bits per heavy atom. The molecule has 0 heterocycles. The van der Waals surface area contributed by atoms with Gasteiger partial charge in [0, 0.05) is 5.56 Å². The molecule has 0 aliphatic rings. The van der Waals surface area contributed by atoms with Crippen LogP contribution in [0.4, 0.5) is 0 Å². The fourth-order valence-corrected chi connectivity index (χ4v) is 2.73. The Labute approximate surface area is 143 Å². The second-order valence-corrected chi connectivity index (χ2v) is 5.84. The first-order valence-corrected chi connectivity index (χ1v) is 8.01. The largest absolute Gasteiger partial charge is 0.497 e. The lowest BCUT2D eigenvalue weighted by molar-refractivity contribution is 0.414. The van der Waals surface area contributed by atoms with Crippen LogP contribution in [0.3, 0.4) is 0 Å². The Kier molecular flexibility index (Phi) is 4.68. The van der Waals surface area contributed by atoms with Crippen molar-refractivity contribution in [3.05, 3.63) is 102 Å². The van der Waals surface area contributed by atoms with Gasteiger partial charge >= 0.3 is 0 Å². The van der Waals surface area contributed by atoms with E-state index in [1.807, 2.05) is 48.5 Å². The van der Waals surface area contributed by atoms with Gasteiger partial charge in [0.2, 0.25) is 0 Å². The van der Waals surface area contributed by atoms with Gasteiger partial charge in [0.1, 0.15) is 5.75 Å². The van der Waals surface area contributed by atoms with Crippen LogP contribution in [0.5, 0.6) is 5.75 Å². The lowest BCUT2D eigenvalue weighted by atomic mass is 9.76. The van der Waals surface area contributed by atoms with E-state index >= 15 is 0 Å². The van der Waals surface area contributed by atoms with E-state index < -0.39 is 0 Å². The molecule has 0 aliphatic heterocycles. The Balaban J connectivity index is 2.09.